The van der Waals surface area contributed by atoms with Crippen LogP contribution < -0.4 is 0 Å². The van der Waals surface area contributed by atoms with Gasteiger partial charge in [0.1, 0.15) is 0 Å². The Morgan fingerprint density at radius 2 is 0.850 bits per heavy atom. The average molecular weight is 965 g/mol. The molecule has 0 spiro atoms. The molecule has 6 aromatic carbocycles. The fraction of sp³-hybridized carbons (Fsp3) is 0.0377. The smallest absolute Gasteiger partial charge is 0.193 e. The van der Waals surface area contributed by atoms with Crippen molar-refractivity contribution < 1.29 is 40.6 Å². The van der Waals surface area contributed by atoms with Gasteiger partial charge in [-0.3, -0.25) is 19.4 Å². The maximum Gasteiger partial charge on any atom is 0.193 e. The summed E-state index contributed by atoms with van der Waals surface area (Å²) in [6.07, 6.45) is 4.89. The average Bonchev–Trinajstić information content (AvgIpc) is 3.30. The number of pyridine rings is 2. The van der Waals surface area contributed by atoms with E-state index in [0.717, 1.165) is 44.8 Å². The first-order chi connectivity index (χ1) is 28.7. The Balaban J connectivity index is 0.000000194. The van der Waals surface area contributed by atoms with Crippen LogP contribution in [0.25, 0.3) is 44.8 Å². The predicted molar refractivity (Wildman–Crippen MR) is 236 cm³/mol. The Hall–Kier alpha value is -7.14. The molecule has 7 heteroatoms. The van der Waals surface area contributed by atoms with Crippen LogP contribution in [0.5, 0.6) is 0 Å². The van der Waals surface area contributed by atoms with E-state index in [-0.39, 0.29) is 44.2 Å². The Morgan fingerprint density at radius 1 is 0.450 bits per heavy atom. The molecule has 0 atom stereocenters. The molecule has 1 N–H and O–H groups in total. The molecular formula is C53H41N2O4Pt-. The van der Waals surface area contributed by atoms with E-state index in [0.29, 0.717) is 22.3 Å². The van der Waals surface area contributed by atoms with Crippen LogP contribution in [-0.2, 0) is 25.9 Å². The number of rotatable bonds is 9. The number of allylic oxidation sites excluding steroid dienone is 2. The molecule has 0 radical (unpaired) electrons. The van der Waals surface area contributed by atoms with E-state index in [1.807, 2.05) is 194 Å². The number of hydrogen-bond acceptors (Lipinski definition) is 6. The van der Waals surface area contributed by atoms with Gasteiger partial charge in [0, 0.05) is 72.9 Å². The standard InChI is InChI=1S/C24H17NO.C24H16NO.C5H8O2.Pt/c2*26-24(20-9-5-2-6-10-20)21-13-11-18(12-14-21)22-15-16-23(25-17-22)19-7-3-1-4-8-19;1-4(6)3-5(2)7;/h1-17H;1-7,9-17H;3,6H,1-2H3;/q;-1;;. The zero-order chi connectivity index (χ0) is 41.4. The van der Waals surface area contributed by atoms with E-state index in [4.69, 9.17) is 5.11 Å². The van der Waals surface area contributed by atoms with Gasteiger partial charge in [-0.2, -0.15) is 0 Å². The van der Waals surface area contributed by atoms with Gasteiger partial charge in [0.25, 0.3) is 0 Å². The first-order valence-electron chi connectivity index (χ1n) is 19.0. The summed E-state index contributed by atoms with van der Waals surface area (Å²) in [5.74, 6) is 0.00689. The fourth-order valence-electron chi connectivity index (χ4n) is 6.06. The monoisotopic (exact) mass is 964 g/mol. The summed E-state index contributed by atoms with van der Waals surface area (Å²) in [7, 11) is 0. The minimum absolute atomic E-state index is 0. The Labute approximate surface area is 365 Å². The molecule has 0 amide bonds. The van der Waals surface area contributed by atoms with Crippen molar-refractivity contribution >= 4 is 17.3 Å². The predicted octanol–water partition coefficient (Wildman–Crippen LogP) is 12.1. The maximum atomic E-state index is 12.5. The number of hydrogen-bond donors (Lipinski definition) is 1. The summed E-state index contributed by atoms with van der Waals surface area (Å²) in [6, 6.07) is 63.2. The van der Waals surface area contributed by atoms with Crippen molar-refractivity contribution in [3.63, 3.8) is 0 Å². The van der Waals surface area contributed by atoms with E-state index >= 15 is 0 Å². The Morgan fingerprint density at radius 3 is 1.22 bits per heavy atom. The van der Waals surface area contributed by atoms with E-state index in [1.54, 1.807) is 0 Å². The number of aliphatic hydroxyl groups excluding tert-OH is 1. The van der Waals surface area contributed by atoms with Gasteiger partial charge < -0.3 is 10.1 Å². The molecule has 2 heterocycles. The van der Waals surface area contributed by atoms with E-state index < -0.39 is 0 Å². The van der Waals surface area contributed by atoms with Crippen LogP contribution in [0, 0.1) is 6.07 Å². The Kier molecular flexibility index (Phi) is 16.2. The fourth-order valence-corrected chi connectivity index (χ4v) is 6.06. The zero-order valence-electron chi connectivity index (χ0n) is 33.0. The van der Waals surface area contributed by atoms with Crippen molar-refractivity contribution in [2.75, 3.05) is 0 Å². The maximum absolute atomic E-state index is 12.5. The van der Waals surface area contributed by atoms with Gasteiger partial charge in [0.05, 0.1) is 11.5 Å². The second-order valence-corrected chi connectivity index (χ2v) is 13.4. The molecular weight excluding hydrogens is 924 g/mol. The van der Waals surface area contributed by atoms with Crippen molar-refractivity contribution in [3.8, 4) is 44.8 Å². The number of ketones is 3. The summed E-state index contributed by atoms with van der Waals surface area (Å²) in [5.41, 5.74) is 10.8. The molecule has 298 valence electrons. The van der Waals surface area contributed by atoms with Gasteiger partial charge in [-0.15, -0.1) is 35.9 Å². The molecule has 60 heavy (non-hydrogen) atoms. The summed E-state index contributed by atoms with van der Waals surface area (Å²) in [4.78, 5) is 44.1. The quantitative estimate of drug-likeness (QED) is 0.0670. The number of nitrogens with zero attached hydrogens (tertiary/aromatic N) is 2. The molecule has 8 rings (SSSR count). The molecule has 0 bridgehead atoms. The first-order valence-corrected chi connectivity index (χ1v) is 19.0. The van der Waals surface area contributed by atoms with Gasteiger partial charge in [-0.1, -0.05) is 158 Å². The summed E-state index contributed by atoms with van der Waals surface area (Å²) in [6.45, 7) is 2.85. The minimum atomic E-state index is -0.125. The number of carbonyl (C=O) groups excluding carboxylic acids is 3. The Bertz CT molecular complexity index is 2440. The van der Waals surface area contributed by atoms with E-state index in [9.17, 15) is 14.4 Å². The third-order valence-corrected chi connectivity index (χ3v) is 9.03. The summed E-state index contributed by atoms with van der Waals surface area (Å²) in [5, 5.41) is 8.36. The van der Waals surface area contributed by atoms with Crippen LogP contribution in [0.1, 0.15) is 45.7 Å². The molecule has 0 aliphatic rings. The topological polar surface area (TPSA) is 97.2 Å². The van der Waals surface area contributed by atoms with Gasteiger partial charge in [-0.25, -0.2) is 0 Å². The number of aromatic nitrogens is 2. The van der Waals surface area contributed by atoms with Crippen molar-refractivity contribution in [2.24, 2.45) is 0 Å². The molecule has 0 unspecified atom stereocenters. The molecule has 6 nitrogen and oxygen atoms in total. The van der Waals surface area contributed by atoms with Gasteiger partial charge in [-0.05, 0) is 42.3 Å². The minimum Gasteiger partial charge on any atom is -0.512 e. The van der Waals surface area contributed by atoms with Gasteiger partial charge in [0.2, 0.25) is 0 Å². The molecule has 0 aliphatic carbocycles. The van der Waals surface area contributed by atoms with E-state index in [1.165, 1.54) is 19.9 Å². The van der Waals surface area contributed by atoms with Crippen LogP contribution in [0.15, 0.2) is 212 Å². The third kappa shape index (κ3) is 12.4. The number of aliphatic hydroxyl groups is 1. The number of benzene rings is 6. The summed E-state index contributed by atoms with van der Waals surface area (Å²) >= 11 is 0. The second kappa shape index (κ2) is 22.1. The van der Waals surface area contributed by atoms with E-state index in [2.05, 4.69) is 22.1 Å². The molecule has 0 aliphatic heterocycles. The molecule has 2 aromatic heterocycles. The van der Waals surface area contributed by atoms with Gasteiger partial charge >= 0.3 is 0 Å². The molecule has 8 aromatic rings. The zero-order valence-corrected chi connectivity index (χ0v) is 35.3. The third-order valence-electron chi connectivity index (χ3n) is 9.03. The van der Waals surface area contributed by atoms with Crippen molar-refractivity contribution in [3.05, 3.63) is 241 Å². The van der Waals surface area contributed by atoms with Crippen molar-refractivity contribution in [2.45, 2.75) is 13.8 Å². The largest absolute Gasteiger partial charge is 0.512 e. The van der Waals surface area contributed by atoms with Gasteiger partial charge in [0.15, 0.2) is 17.3 Å². The second-order valence-electron chi connectivity index (χ2n) is 13.4. The SMILES string of the molecule is CC(=O)C=C(C)O.O=C(c1ccccc1)c1ccc(-c2ccc(-c3[c-]cccc3)nc2)cc1.O=C(c1ccccc1)c1ccc(-c2ccc(-c3ccccc3)nc2)cc1.[Pt]. The van der Waals surface area contributed by atoms with Crippen molar-refractivity contribution in [1.82, 2.24) is 9.97 Å². The van der Waals surface area contributed by atoms with Crippen LogP contribution in [0.4, 0.5) is 0 Å². The van der Waals surface area contributed by atoms with Crippen molar-refractivity contribution in [1.29, 1.82) is 0 Å². The number of carbonyl (C=O) groups is 3. The molecule has 0 saturated heterocycles. The molecule has 0 saturated carbocycles. The van der Waals surface area contributed by atoms with Crippen LogP contribution >= 0.6 is 0 Å². The molecule has 0 fully saturated rings. The van der Waals surface area contributed by atoms with Crippen LogP contribution in [0.3, 0.4) is 0 Å². The van der Waals surface area contributed by atoms with Crippen LogP contribution in [0.2, 0.25) is 0 Å². The normalized spacial score (nSPS) is 10.4. The summed E-state index contributed by atoms with van der Waals surface area (Å²) < 4.78 is 0. The first kappa shape index (κ1) is 44.0. The van der Waals surface area contributed by atoms with Crippen LogP contribution in [-0.4, -0.2) is 32.4 Å².